The SMILES string of the molecule is COC(=O)c1c(OC(C)C)cc(=O)n2c1CCN(Cc1cc3c(cc1Cl)OCO3)CC2. The fraction of sp³-hybridized carbons (Fsp3) is 0.455. The van der Waals surface area contributed by atoms with E-state index < -0.39 is 5.97 Å². The number of nitrogens with zero attached hydrogens (tertiary/aromatic N) is 2. The lowest BCUT2D eigenvalue weighted by molar-refractivity contribution is 0.0591. The smallest absolute Gasteiger partial charge is 0.343 e. The summed E-state index contributed by atoms with van der Waals surface area (Å²) in [5.74, 6) is 1.08. The molecule has 0 bridgehead atoms. The van der Waals surface area contributed by atoms with Gasteiger partial charge >= 0.3 is 5.97 Å². The third kappa shape index (κ3) is 4.36. The summed E-state index contributed by atoms with van der Waals surface area (Å²) >= 11 is 6.44. The van der Waals surface area contributed by atoms with Crippen molar-refractivity contribution in [1.82, 2.24) is 9.47 Å². The highest BCUT2D eigenvalue weighted by Crippen LogP contribution is 2.37. The summed E-state index contributed by atoms with van der Waals surface area (Å²) in [6, 6.07) is 5.03. The van der Waals surface area contributed by atoms with Crippen LogP contribution in [0.5, 0.6) is 17.2 Å². The van der Waals surface area contributed by atoms with Crippen molar-refractivity contribution in [2.45, 2.75) is 39.5 Å². The molecule has 4 rings (SSSR count). The molecule has 1 aromatic heterocycles. The number of fused-ring (bicyclic) bond motifs is 2. The summed E-state index contributed by atoms with van der Waals surface area (Å²) in [4.78, 5) is 27.5. The molecule has 0 amide bonds. The van der Waals surface area contributed by atoms with Crippen LogP contribution in [-0.2, 0) is 24.2 Å². The summed E-state index contributed by atoms with van der Waals surface area (Å²) in [6.07, 6.45) is 0.318. The van der Waals surface area contributed by atoms with E-state index in [4.69, 9.17) is 30.5 Å². The van der Waals surface area contributed by atoms with Gasteiger partial charge in [-0.3, -0.25) is 9.69 Å². The monoisotopic (exact) mass is 448 g/mol. The van der Waals surface area contributed by atoms with Crippen LogP contribution < -0.4 is 19.8 Å². The zero-order valence-electron chi connectivity index (χ0n) is 17.8. The third-order valence-corrected chi connectivity index (χ3v) is 5.73. The lowest BCUT2D eigenvalue weighted by Crippen LogP contribution is -2.29. The summed E-state index contributed by atoms with van der Waals surface area (Å²) in [6.45, 7) is 6.18. The van der Waals surface area contributed by atoms with Gasteiger partial charge < -0.3 is 23.5 Å². The maximum absolute atomic E-state index is 12.8. The standard InChI is InChI=1S/C22H25ClN2O6/c1-13(2)31-19-10-20(26)25-7-6-24(5-4-16(25)21(19)22(27)28-3)11-14-8-17-18(9-15(14)23)30-12-29-17/h8-10,13H,4-7,11-12H2,1-3H3. The topological polar surface area (TPSA) is 79.2 Å². The summed E-state index contributed by atoms with van der Waals surface area (Å²) in [5, 5.41) is 0.603. The first kappa shape index (κ1) is 21.5. The molecule has 9 heteroatoms. The molecule has 0 fully saturated rings. The zero-order chi connectivity index (χ0) is 22.1. The lowest BCUT2D eigenvalue weighted by Gasteiger charge is -2.20. The number of aromatic nitrogens is 1. The largest absolute Gasteiger partial charge is 0.490 e. The van der Waals surface area contributed by atoms with Gasteiger partial charge in [0.15, 0.2) is 11.5 Å². The molecule has 8 nitrogen and oxygen atoms in total. The van der Waals surface area contributed by atoms with E-state index in [1.165, 1.54) is 13.2 Å². The van der Waals surface area contributed by atoms with Crippen LogP contribution >= 0.6 is 11.6 Å². The molecule has 166 valence electrons. The van der Waals surface area contributed by atoms with E-state index in [9.17, 15) is 9.59 Å². The molecule has 31 heavy (non-hydrogen) atoms. The Balaban J connectivity index is 1.62. The van der Waals surface area contributed by atoms with E-state index in [-0.39, 0.29) is 24.2 Å². The second-order valence-corrected chi connectivity index (χ2v) is 8.21. The number of carbonyl (C=O) groups is 1. The minimum Gasteiger partial charge on any atom is -0.490 e. The molecule has 2 aliphatic heterocycles. The van der Waals surface area contributed by atoms with Crippen molar-refractivity contribution in [3.05, 3.63) is 50.4 Å². The lowest BCUT2D eigenvalue weighted by atomic mass is 10.1. The average molecular weight is 449 g/mol. The minimum atomic E-state index is -0.508. The van der Waals surface area contributed by atoms with Gasteiger partial charge in [-0.2, -0.15) is 0 Å². The van der Waals surface area contributed by atoms with Gasteiger partial charge in [0.1, 0.15) is 11.3 Å². The molecule has 1 aromatic carbocycles. The van der Waals surface area contributed by atoms with Crippen molar-refractivity contribution in [2.75, 3.05) is 27.0 Å². The van der Waals surface area contributed by atoms with Crippen LogP contribution in [0.25, 0.3) is 0 Å². The van der Waals surface area contributed by atoms with E-state index in [1.54, 1.807) is 10.6 Å². The number of hydrogen-bond donors (Lipinski definition) is 0. The van der Waals surface area contributed by atoms with Crippen molar-refractivity contribution in [3.8, 4) is 17.2 Å². The van der Waals surface area contributed by atoms with Crippen molar-refractivity contribution < 1.29 is 23.7 Å². The summed E-state index contributed by atoms with van der Waals surface area (Å²) < 4.78 is 23.2. The van der Waals surface area contributed by atoms with E-state index in [1.807, 2.05) is 19.9 Å². The molecule has 0 saturated heterocycles. The normalized spacial score (nSPS) is 15.5. The first-order chi connectivity index (χ1) is 14.9. The summed E-state index contributed by atoms with van der Waals surface area (Å²) in [7, 11) is 1.33. The number of methoxy groups -OCH3 is 1. The molecule has 0 unspecified atom stereocenters. The van der Waals surface area contributed by atoms with E-state index in [2.05, 4.69) is 4.90 Å². The molecular weight excluding hydrogens is 424 g/mol. The molecule has 3 heterocycles. The first-order valence-corrected chi connectivity index (χ1v) is 10.6. The van der Waals surface area contributed by atoms with Gasteiger partial charge in [0.05, 0.1) is 13.2 Å². The van der Waals surface area contributed by atoms with Gasteiger partial charge in [-0.1, -0.05) is 11.6 Å². The van der Waals surface area contributed by atoms with Crippen LogP contribution in [0.15, 0.2) is 23.0 Å². The predicted molar refractivity (Wildman–Crippen MR) is 114 cm³/mol. The molecular formula is C22H25ClN2O6. The number of benzene rings is 1. The number of carbonyl (C=O) groups excluding carboxylic acids is 1. The Morgan fingerprint density at radius 3 is 2.61 bits per heavy atom. The molecule has 0 radical (unpaired) electrons. The van der Waals surface area contributed by atoms with Crippen LogP contribution in [0.2, 0.25) is 5.02 Å². The number of ether oxygens (including phenoxy) is 4. The number of pyridine rings is 1. The summed E-state index contributed by atoms with van der Waals surface area (Å²) in [5.41, 5.74) is 1.68. The van der Waals surface area contributed by atoms with Crippen molar-refractivity contribution in [1.29, 1.82) is 0 Å². The average Bonchev–Trinajstić information content (AvgIpc) is 3.06. The fourth-order valence-electron chi connectivity index (χ4n) is 3.94. The predicted octanol–water partition coefficient (Wildman–Crippen LogP) is 2.86. The number of esters is 1. The maximum Gasteiger partial charge on any atom is 0.343 e. The molecule has 0 atom stereocenters. The van der Waals surface area contributed by atoms with E-state index in [0.29, 0.717) is 60.4 Å². The van der Waals surface area contributed by atoms with Crippen LogP contribution in [0.3, 0.4) is 0 Å². The highest BCUT2D eigenvalue weighted by molar-refractivity contribution is 6.31. The number of rotatable bonds is 5. The van der Waals surface area contributed by atoms with Gasteiger partial charge in [-0.05, 0) is 25.5 Å². The number of halogens is 1. The van der Waals surface area contributed by atoms with Gasteiger partial charge in [-0.25, -0.2) is 4.79 Å². The maximum atomic E-state index is 12.8. The highest BCUT2D eigenvalue weighted by atomic mass is 35.5. The van der Waals surface area contributed by atoms with Crippen LogP contribution in [0.4, 0.5) is 0 Å². The molecule has 2 aromatic rings. The van der Waals surface area contributed by atoms with Gasteiger partial charge in [0, 0.05) is 55.4 Å². The van der Waals surface area contributed by atoms with Crippen molar-refractivity contribution in [2.24, 2.45) is 0 Å². The molecule has 0 aliphatic carbocycles. The van der Waals surface area contributed by atoms with Crippen LogP contribution in [0.1, 0.15) is 35.5 Å². The van der Waals surface area contributed by atoms with Gasteiger partial charge in [-0.15, -0.1) is 0 Å². The molecule has 0 N–H and O–H groups in total. The van der Waals surface area contributed by atoms with Gasteiger partial charge in [0.25, 0.3) is 5.56 Å². The Morgan fingerprint density at radius 1 is 1.16 bits per heavy atom. The second-order valence-electron chi connectivity index (χ2n) is 7.80. The Hall–Kier alpha value is -2.71. The fourth-order valence-corrected chi connectivity index (χ4v) is 4.15. The molecule has 2 aliphatic rings. The first-order valence-electron chi connectivity index (χ1n) is 10.2. The highest BCUT2D eigenvalue weighted by Gasteiger charge is 2.27. The van der Waals surface area contributed by atoms with Crippen molar-refractivity contribution >= 4 is 17.6 Å². The van der Waals surface area contributed by atoms with E-state index in [0.717, 1.165) is 5.56 Å². The Bertz CT molecular complexity index is 1060. The molecule has 0 saturated carbocycles. The Morgan fingerprint density at radius 2 is 1.90 bits per heavy atom. The number of hydrogen-bond acceptors (Lipinski definition) is 7. The van der Waals surface area contributed by atoms with E-state index >= 15 is 0 Å². The van der Waals surface area contributed by atoms with Crippen LogP contribution in [0, 0.1) is 0 Å². The second kappa shape index (κ2) is 8.80. The van der Waals surface area contributed by atoms with Crippen molar-refractivity contribution in [3.63, 3.8) is 0 Å². The quantitative estimate of drug-likeness (QED) is 0.651. The van der Waals surface area contributed by atoms with Crippen LogP contribution in [-0.4, -0.2) is 48.5 Å². The minimum absolute atomic E-state index is 0.179. The Labute approximate surface area is 185 Å². The molecule has 0 spiro atoms. The van der Waals surface area contributed by atoms with Gasteiger partial charge in [0.2, 0.25) is 6.79 Å². The zero-order valence-corrected chi connectivity index (χ0v) is 18.5. The Kier molecular flexibility index (Phi) is 6.11. The third-order valence-electron chi connectivity index (χ3n) is 5.37.